The van der Waals surface area contributed by atoms with E-state index in [4.69, 9.17) is 0 Å². The lowest BCUT2D eigenvalue weighted by molar-refractivity contribution is -0.144. The van der Waals surface area contributed by atoms with Crippen LogP contribution in [0.3, 0.4) is 0 Å². The van der Waals surface area contributed by atoms with Gasteiger partial charge in [0.25, 0.3) is 0 Å². The van der Waals surface area contributed by atoms with Crippen molar-refractivity contribution in [3.8, 4) is 11.1 Å². The zero-order valence-corrected chi connectivity index (χ0v) is 18.9. The number of rotatable bonds is 8. The number of imide groups is 2. The summed E-state index contributed by atoms with van der Waals surface area (Å²) in [6.07, 6.45) is 0.471. The molecule has 1 saturated heterocycles. The average Bonchev–Trinajstić information content (AvgIpc) is 3.42. The van der Waals surface area contributed by atoms with Gasteiger partial charge in [-0.05, 0) is 35.1 Å². The van der Waals surface area contributed by atoms with Crippen molar-refractivity contribution in [3.05, 3.63) is 82.6 Å². The molecule has 1 atom stereocenters. The van der Waals surface area contributed by atoms with Gasteiger partial charge >= 0.3 is 17.8 Å². The van der Waals surface area contributed by atoms with Crippen molar-refractivity contribution in [1.29, 1.82) is 0 Å². The molecule has 0 unspecified atom stereocenters. The maximum atomic E-state index is 12.6. The Balaban J connectivity index is 1.34. The zero-order valence-electron chi connectivity index (χ0n) is 18.1. The topological polar surface area (TPSA) is 86.8 Å². The third-order valence-electron chi connectivity index (χ3n) is 5.49. The number of hydrogen-bond donors (Lipinski definition) is 1. The van der Waals surface area contributed by atoms with Gasteiger partial charge in [0.15, 0.2) is 0 Å². The number of carbonyl (C=O) groups excluding carboxylic acids is 4. The minimum Gasteiger partial charge on any atom is -0.348 e. The summed E-state index contributed by atoms with van der Waals surface area (Å²) in [6, 6.07) is 20.5. The second kappa shape index (κ2) is 9.79. The molecular weight excluding hydrogens is 438 g/mol. The Morgan fingerprint density at radius 1 is 0.879 bits per heavy atom. The second-order valence-corrected chi connectivity index (χ2v) is 8.77. The van der Waals surface area contributed by atoms with Crippen LogP contribution in [0.1, 0.15) is 23.4 Å². The van der Waals surface area contributed by atoms with E-state index in [1.165, 1.54) is 11.3 Å². The summed E-state index contributed by atoms with van der Waals surface area (Å²) in [7, 11) is 0. The summed E-state index contributed by atoms with van der Waals surface area (Å²) in [4.78, 5) is 52.3. The molecule has 8 heteroatoms. The van der Waals surface area contributed by atoms with Gasteiger partial charge in [-0.1, -0.05) is 60.7 Å². The van der Waals surface area contributed by atoms with E-state index in [-0.39, 0.29) is 12.6 Å². The number of urea groups is 1. The molecule has 0 saturated carbocycles. The highest BCUT2D eigenvalue weighted by atomic mass is 32.1. The van der Waals surface area contributed by atoms with Crippen LogP contribution in [0.5, 0.6) is 0 Å². The van der Waals surface area contributed by atoms with Crippen molar-refractivity contribution >= 4 is 35.1 Å². The lowest BCUT2D eigenvalue weighted by Crippen LogP contribution is -2.42. The van der Waals surface area contributed by atoms with E-state index in [1.807, 2.05) is 79.0 Å². The van der Waals surface area contributed by atoms with E-state index >= 15 is 0 Å². The minimum atomic E-state index is -0.971. The van der Waals surface area contributed by atoms with Crippen LogP contribution in [-0.4, -0.2) is 46.6 Å². The normalized spacial score (nSPS) is 14.6. The maximum Gasteiger partial charge on any atom is 0.334 e. The number of carbonyl (C=O) groups is 4. The number of benzene rings is 2. The average molecular weight is 462 g/mol. The standard InChI is InChI=1S/C25H23N3O4S/c1-17(18-9-11-20(12-10-18)19-6-3-2-4-7-19)26-22(29)16-28-24(31)23(30)27(25(28)32)14-13-21-8-5-15-33-21/h2-12,15,17H,13-14,16H2,1H3,(H,26,29)/t17-/m1/s1. The number of nitrogens with zero attached hydrogens (tertiary/aromatic N) is 2. The fourth-order valence-corrected chi connectivity index (χ4v) is 4.37. The highest BCUT2D eigenvalue weighted by Gasteiger charge is 2.44. The smallest absolute Gasteiger partial charge is 0.334 e. The van der Waals surface area contributed by atoms with Crippen LogP contribution in [0, 0.1) is 0 Å². The number of amides is 5. The molecule has 7 nitrogen and oxygen atoms in total. The molecule has 1 N–H and O–H groups in total. The molecule has 5 amide bonds. The first-order valence-electron chi connectivity index (χ1n) is 10.6. The van der Waals surface area contributed by atoms with Crippen LogP contribution in [-0.2, 0) is 20.8 Å². The van der Waals surface area contributed by atoms with Gasteiger partial charge in [0, 0.05) is 17.8 Å². The molecule has 0 spiro atoms. The molecule has 168 valence electrons. The third-order valence-corrected chi connectivity index (χ3v) is 6.43. The predicted molar refractivity (Wildman–Crippen MR) is 125 cm³/mol. The van der Waals surface area contributed by atoms with Gasteiger partial charge in [-0.15, -0.1) is 11.3 Å². The first kappa shape index (κ1) is 22.4. The minimum absolute atomic E-state index is 0.103. The van der Waals surface area contributed by atoms with E-state index in [0.717, 1.165) is 26.5 Å². The van der Waals surface area contributed by atoms with Crippen molar-refractivity contribution in [2.45, 2.75) is 19.4 Å². The molecule has 4 rings (SSSR count). The van der Waals surface area contributed by atoms with Crippen LogP contribution < -0.4 is 5.32 Å². The van der Waals surface area contributed by atoms with E-state index in [2.05, 4.69) is 5.32 Å². The van der Waals surface area contributed by atoms with Crippen LogP contribution in [0.4, 0.5) is 4.79 Å². The zero-order chi connectivity index (χ0) is 23.4. The molecule has 2 aromatic carbocycles. The lowest BCUT2D eigenvalue weighted by atomic mass is 10.0. The van der Waals surface area contributed by atoms with Crippen LogP contribution >= 0.6 is 11.3 Å². The number of hydrogen-bond acceptors (Lipinski definition) is 5. The van der Waals surface area contributed by atoms with Crippen molar-refractivity contribution in [2.24, 2.45) is 0 Å². The van der Waals surface area contributed by atoms with Crippen molar-refractivity contribution in [3.63, 3.8) is 0 Å². The molecule has 2 heterocycles. The molecular formula is C25H23N3O4S. The van der Waals surface area contributed by atoms with E-state index in [1.54, 1.807) is 0 Å². The summed E-state index contributed by atoms with van der Waals surface area (Å²) in [5.41, 5.74) is 3.04. The Labute approximate surface area is 195 Å². The summed E-state index contributed by atoms with van der Waals surface area (Å²) >= 11 is 1.51. The van der Waals surface area contributed by atoms with Crippen LogP contribution in [0.2, 0.25) is 0 Å². The summed E-state index contributed by atoms with van der Waals surface area (Å²) < 4.78 is 0. The summed E-state index contributed by atoms with van der Waals surface area (Å²) in [5.74, 6) is -2.38. The molecule has 1 fully saturated rings. The highest BCUT2D eigenvalue weighted by Crippen LogP contribution is 2.22. The SMILES string of the molecule is C[C@@H](NC(=O)CN1C(=O)C(=O)N(CCc2cccs2)C1=O)c1ccc(-c2ccccc2)cc1. The molecule has 0 bridgehead atoms. The van der Waals surface area contributed by atoms with Gasteiger partial charge < -0.3 is 5.32 Å². The van der Waals surface area contributed by atoms with E-state index in [9.17, 15) is 19.2 Å². The van der Waals surface area contributed by atoms with Gasteiger partial charge in [-0.25, -0.2) is 9.69 Å². The molecule has 1 aliphatic rings. The molecule has 0 radical (unpaired) electrons. The highest BCUT2D eigenvalue weighted by molar-refractivity contribution is 7.09. The fourth-order valence-electron chi connectivity index (χ4n) is 3.67. The monoisotopic (exact) mass is 461 g/mol. The van der Waals surface area contributed by atoms with Crippen molar-refractivity contribution < 1.29 is 19.2 Å². The first-order chi connectivity index (χ1) is 15.9. The van der Waals surface area contributed by atoms with Crippen LogP contribution in [0.15, 0.2) is 72.1 Å². The first-order valence-corrected chi connectivity index (χ1v) is 11.5. The Bertz CT molecular complexity index is 1160. The number of thiophene rings is 1. The van der Waals surface area contributed by atoms with Gasteiger partial charge in [-0.3, -0.25) is 19.3 Å². The second-order valence-electron chi connectivity index (χ2n) is 7.74. The number of nitrogens with one attached hydrogen (secondary N) is 1. The Morgan fingerprint density at radius 2 is 1.55 bits per heavy atom. The van der Waals surface area contributed by atoms with Crippen molar-refractivity contribution in [2.75, 3.05) is 13.1 Å². The van der Waals surface area contributed by atoms with Gasteiger partial charge in [-0.2, -0.15) is 0 Å². The molecule has 0 aliphatic carbocycles. The van der Waals surface area contributed by atoms with E-state index < -0.39 is 30.3 Å². The van der Waals surface area contributed by atoms with Gasteiger partial charge in [0.05, 0.1) is 6.04 Å². The molecule has 1 aliphatic heterocycles. The lowest BCUT2D eigenvalue weighted by Gasteiger charge is -2.18. The fraction of sp³-hybridized carbons (Fsp3) is 0.200. The van der Waals surface area contributed by atoms with Gasteiger partial charge in [0.1, 0.15) is 6.54 Å². The maximum absolute atomic E-state index is 12.6. The largest absolute Gasteiger partial charge is 0.348 e. The Hall–Kier alpha value is -3.78. The molecule has 1 aromatic heterocycles. The van der Waals surface area contributed by atoms with Gasteiger partial charge in [0.2, 0.25) is 5.91 Å². The molecule has 33 heavy (non-hydrogen) atoms. The summed E-state index contributed by atoms with van der Waals surface area (Å²) in [5, 5.41) is 4.70. The van der Waals surface area contributed by atoms with Crippen LogP contribution in [0.25, 0.3) is 11.1 Å². The predicted octanol–water partition coefficient (Wildman–Crippen LogP) is 3.63. The molecule has 3 aromatic rings. The Morgan fingerprint density at radius 3 is 2.21 bits per heavy atom. The Kier molecular flexibility index (Phi) is 6.65. The van der Waals surface area contributed by atoms with E-state index in [0.29, 0.717) is 11.3 Å². The third kappa shape index (κ3) is 5.01. The summed E-state index contributed by atoms with van der Waals surface area (Å²) in [6.45, 7) is 1.43. The van der Waals surface area contributed by atoms with Crippen molar-refractivity contribution in [1.82, 2.24) is 15.1 Å². The quantitative estimate of drug-likeness (QED) is 0.410.